The topological polar surface area (TPSA) is 83.4 Å². The second-order valence-electron chi connectivity index (χ2n) is 5.38. The molecule has 3 rings (SSSR count). The van der Waals surface area contributed by atoms with Crippen LogP contribution in [0.1, 0.15) is 43.3 Å². The summed E-state index contributed by atoms with van der Waals surface area (Å²) in [6, 6.07) is 0.0491. The molecule has 2 aliphatic rings. The van der Waals surface area contributed by atoms with Crippen molar-refractivity contribution in [3.05, 3.63) is 11.7 Å². The summed E-state index contributed by atoms with van der Waals surface area (Å²) in [5.41, 5.74) is 6.07. The molecule has 3 unspecified atom stereocenters. The van der Waals surface area contributed by atoms with Crippen molar-refractivity contribution < 1.29 is 14.0 Å². The van der Waals surface area contributed by atoms with Gasteiger partial charge in [-0.3, -0.25) is 0 Å². The molecule has 0 bridgehead atoms. The summed E-state index contributed by atoms with van der Waals surface area (Å²) in [5, 5.41) is 4.04. The largest absolute Gasteiger partial charge is 0.381 e. The van der Waals surface area contributed by atoms with Crippen LogP contribution in [0.25, 0.3) is 0 Å². The number of nitrogens with zero attached hydrogens (tertiary/aromatic N) is 2. The fraction of sp³-hybridized carbons (Fsp3) is 0.846. The van der Waals surface area contributed by atoms with Gasteiger partial charge in [0.05, 0.1) is 18.6 Å². The van der Waals surface area contributed by atoms with Crippen LogP contribution in [0.3, 0.4) is 0 Å². The highest BCUT2D eigenvalue weighted by atomic mass is 16.5. The summed E-state index contributed by atoms with van der Waals surface area (Å²) < 4.78 is 16.5. The van der Waals surface area contributed by atoms with E-state index in [0.29, 0.717) is 19.1 Å². The molecule has 3 heterocycles. The van der Waals surface area contributed by atoms with Crippen molar-refractivity contribution in [2.45, 2.75) is 50.2 Å². The highest BCUT2D eigenvalue weighted by Gasteiger charge is 2.29. The lowest BCUT2D eigenvalue weighted by Crippen LogP contribution is -2.37. The van der Waals surface area contributed by atoms with Gasteiger partial charge >= 0.3 is 0 Å². The van der Waals surface area contributed by atoms with Crippen molar-refractivity contribution in [2.24, 2.45) is 5.73 Å². The van der Waals surface area contributed by atoms with Crippen molar-refractivity contribution in [3.63, 3.8) is 0 Å². The van der Waals surface area contributed by atoms with Gasteiger partial charge in [-0.1, -0.05) is 5.16 Å². The van der Waals surface area contributed by atoms with E-state index in [1.807, 2.05) is 0 Å². The van der Waals surface area contributed by atoms with Crippen LogP contribution in [0.5, 0.6) is 0 Å². The van der Waals surface area contributed by atoms with Gasteiger partial charge in [0.1, 0.15) is 0 Å². The smallest absolute Gasteiger partial charge is 0.233 e. The van der Waals surface area contributed by atoms with Crippen molar-refractivity contribution in [1.82, 2.24) is 10.1 Å². The molecule has 0 radical (unpaired) electrons. The lowest BCUT2D eigenvalue weighted by Gasteiger charge is -2.25. The van der Waals surface area contributed by atoms with Crippen LogP contribution in [-0.4, -0.2) is 42.1 Å². The Labute approximate surface area is 112 Å². The predicted molar refractivity (Wildman–Crippen MR) is 67.7 cm³/mol. The van der Waals surface area contributed by atoms with Crippen LogP contribution in [0, 0.1) is 0 Å². The second kappa shape index (κ2) is 5.98. The standard InChI is InChI=1S/C13H21N3O3/c14-11-4-6-17-8-10(11)13-15-12(16-19-13)7-9-3-1-2-5-18-9/h9-11H,1-8,14H2. The molecule has 1 aromatic rings. The Kier molecular flexibility index (Phi) is 4.10. The third-order valence-electron chi connectivity index (χ3n) is 3.89. The van der Waals surface area contributed by atoms with E-state index in [1.54, 1.807) is 0 Å². The molecule has 2 fully saturated rings. The Bertz CT molecular complexity index is 404. The fourth-order valence-corrected chi connectivity index (χ4v) is 2.68. The van der Waals surface area contributed by atoms with Gasteiger partial charge in [0.25, 0.3) is 0 Å². The van der Waals surface area contributed by atoms with Crippen molar-refractivity contribution in [3.8, 4) is 0 Å². The van der Waals surface area contributed by atoms with Crippen LogP contribution in [0.2, 0.25) is 0 Å². The third-order valence-corrected chi connectivity index (χ3v) is 3.89. The minimum atomic E-state index is 0.0299. The molecule has 6 heteroatoms. The molecule has 1 aromatic heterocycles. The van der Waals surface area contributed by atoms with E-state index >= 15 is 0 Å². The van der Waals surface area contributed by atoms with Gasteiger partial charge in [-0.2, -0.15) is 4.98 Å². The first-order chi connectivity index (χ1) is 9.33. The molecule has 19 heavy (non-hydrogen) atoms. The monoisotopic (exact) mass is 267 g/mol. The van der Waals surface area contributed by atoms with Crippen LogP contribution in [0.4, 0.5) is 0 Å². The van der Waals surface area contributed by atoms with Crippen LogP contribution >= 0.6 is 0 Å². The van der Waals surface area contributed by atoms with Crippen LogP contribution in [0.15, 0.2) is 4.52 Å². The van der Waals surface area contributed by atoms with Crippen LogP contribution < -0.4 is 5.73 Å². The maximum absolute atomic E-state index is 6.07. The van der Waals surface area contributed by atoms with Gasteiger partial charge in [0.2, 0.25) is 5.89 Å². The molecular formula is C13H21N3O3. The summed E-state index contributed by atoms with van der Waals surface area (Å²) in [5.74, 6) is 1.36. The molecule has 2 N–H and O–H groups in total. The molecule has 106 valence electrons. The third kappa shape index (κ3) is 3.13. The lowest BCUT2D eigenvalue weighted by atomic mass is 9.97. The van der Waals surface area contributed by atoms with Crippen molar-refractivity contribution in [1.29, 1.82) is 0 Å². The molecular weight excluding hydrogens is 246 g/mol. The summed E-state index contributed by atoms with van der Waals surface area (Å²) in [4.78, 5) is 4.46. The Hall–Kier alpha value is -0.980. The second-order valence-corrected chi connectivity index (χ2v) is 5.38. The molecule has 0 amide bonds. The zero-order valence-corrected chi connectivity index (χ0v) is 11.1. The average Bonchev–Trinajstić information content (AvgIpc) is 2.89. The zero-order valence-electron chi connectivity index (χ0n) is 11.1. The Morgan fingerprint density at radius 2 is 2.16 bits per heavy atom. The highest BCUT2D eigenvalue weighted by molar-refractivity contribution is 5.01. The summed E-state index contributed by atoms with van der Waals surface area (Å²) >= 11 is 0. The normalized spacial score (nSPS) is 32.4. The van der Waals surface area contributed by atoms with E-state index in [0.717, 1.165) is 38.1 Å². The maximum atomic E-state index is 6.07. The van der Waals surface area contributed by atoms with Gasteiger partial charge in [-0.25, -0.2) is 0 Å². The Morgan fingerprint density at radius 3 is 2.95 bits per heavy atom. The first kappa shape index (κ1) is 13.0. The number of hydrogen-bond donors (Lipinski definition) is 1. The average molecular weight is 267 g/mol. The van der Waals surface area contributed by atoms with Gasteiger partial charge in [0.15, 0.2) is 5.82 Å². The summed E-state index contributed by atoms with van der Waals surface area (Å²) in [6.07, 6.45) is 5.26. The predicted octanol–water partition coefficient (Wildman–Crippen LogP) is 1.01. The van der Waals surface area contributed by atoms with Crippen LogP contribution in [-0.2, 0) is 15.9 Å². The van der Waals surface area contributed by atoms with Gasteiger partial charge in [-0.05, 0) is 25.7 Å². The van der Waals surface area contributed by atoms with Crippen molar-refractivity contribution >= 4 is 0 Å². The van der Waals surface area contributed by atoms with E-state index in [2.05, 4.69) is 10.1 Å². The Balaban J connectivity index is 1.61. The molecule has 2 saturated heterocycles. The molecule has 0 aliphatic carbocycles. The number of aromatic nitrogens is 2. The quantitative estimate of drug-likeness (QED) is 0.880. The minimum Gasteiger partial charge on any atom is -0.381 e. The van der Waals surface area contributed by atoms with Gasteiger partial charge in [-0.15, -0.1) is 0 Å². The van der Waals surface area contributed by atoms with Gasteiger partial charge < -0.3 is 19.7 Å². The summed E-state index contributed by atoms with van der Waals surface area (Å²) in [6.45, 7) is 2.13. The van der Waals surface area contributed by atoms with E-state index in [-0.39, 0.29) is 18.1 Å². The first-order valence-corrected chi connectivity index (χ1v) is 7.10. The molecule has 0 spiro atoms. The molecule has 3 atom stereocenters. The van der Waals surface area contributed by atoms with Gasteiger partial charge in [0, 0.05) is 25.7 Å². The van der Waals surface area contributed by atoms with E-state index in [4.69, 9.17) is 19.7 Å². The van der Waals surface area contributed by atoms with E-state index in [1.165, 1.54) is 6.42 Å². The Morgan fingerprint density at radius 1 is 1.21 bits per heavy atom. The van der Waals surface area contributed by atoms with E-state index < -0.39 is 0 Å². The molecule has 2 aliphatic heterocycles. The minimum absolute atomic E-state index is 0.0299. The SMILES string of the molecule is NC1CCOCC1c1nc(CC2CCCCO2)no1. The lowest BCUT2D eigenvalue weighted by molar-refractivity contribution is 0.0153. The number of rotatable bonds is 3. The van der Waals surface area contributed by atoms with E-state index in [9.17, 15) is 0 Å². The molecule has 0 aromatic carbocycles. The molecule has 6 nitrogen and oxygen atoms in total. The zero-order chi connectivity index (χ0) is 13.1. The first-order valence-electron chi connectivity index (χ1n) is 7.10. The summed E-state index contributed by atoms with van der Waals surface area (Å²) in [7, 11) is 0. The maximum Gasteiger partial charge on any atom is 0.233 e. The number of hydrogen-bond acceptors (Lipinski definition) is 6. The number of nitrogens with two attached hydrogens (primary N) is 1. The number of ether oxygens (including phenoxy) is 2. The molecule has 0 saturated carbocycles. The highest BCUT2D eigenvalue weighted by Crippen LogP contribution is 2.24. The van der Waals surface area contributed by atoms with Crippen molar-refractivity contribution in [2.75, 3.05) is 19.8 Å². The fourth-order valence-electron chi connectivity index (χ4n) is 2.68.